The maximum Gasteiger partial charge on any atom is 0.216 e. The second-order valence-electron chi connectivity index (χ2n) is 2.37. The number of carbonyl (C=O) groups excluding carboxylic acids is 1. The van der Waals surface area contributed by atoms with Crippen LogP contribution < -0.4 is 0 Å². The molecule has 0 fully saturated rings. The van der Waals surface area contributed by atoms with Gasteiger partial charge in [0.25, 0.3) is 0 Å². The van der Waals surface area contributed by atoms with E-state index in [1.54, 1.807) is 19.1 Å². The number of hydrogen-bond acceptors (Lipinski definition) is 1. The fourth-order valence-corrected chi connectivity index (χ4v) is 1.59. The van der Waals surface area contributed by atoms with Crippen molar-refractivity contribution in [2.45, 2.75) is 6.92 Å². The van der Waals surface area contributed by atoms with Crippen LogP contribution in [0.5, 0.6) is 0 Å². The van der Waals surface area contributed by atoms with Gasteiger partial charge in [0.15, 0.2) is 0 Å². The van der Waals surface area contributed by atoms with Crippen molar-refractivity contribution in [1.82, 2.24) is 0 Å². The van der Waals surface area contributed by atoms with Gasteiger partial charge in [0.1, 0.15) is 0 Å². The molecule has 0 spiro atoms. The lowest BCUT2D eigenvalue weighted by Crippen LogP contribution is -1.93. The molecule has 1 nitrogen and oxygen atoms in total. The molecular weight excluding hydrogens is 215 g/mol. The minimum Gasteiger partial charge on any atom is -0.282 e. The van der Waals surface area contributed by atoms with Crippen molar-refractivity contribution in [2.75, 3.05) is 0 Å². The second kappa shape index (κ2) is 3.69. The first kappa shape index (κ1) is 9.90. The molecule has 1 aromatic carbocycles. The third-order valence-electron chi connectivity index (χ3n) is 1.54. The second-order valence-corrected chi connectivity index (χ2v) is 3.62. The maximum atomic E-state index is 10.9. The molecule has 0 saturated carbocycles. The summed E-state index contributed by atoms with van der Waals surface area (Å²) in [6.45, 7) is 1.75. The van der Waals surface area contributed by atoms with E-state index >= 15 is 0 Å². The van der Waals surface area contributed by atoms with Gasteiger partial charge in [-0.15, -0.1) is 12.6 Å². The summed E-state index contributed by atoms with van der Waals surface area (Å²) < 4.78 is 0. The average Bonchev–Trinajstić information content (AvgIpc) is 1.96. The molecule has 1 aromatic rings. The number of hydrogen-bond donors (Lipinski definition) is 1. The van der Waals surface area contributed by atoms with Gasteiger partial charge < -0.3 is 0 Å². The molecule has 0 N–H and O–H groups in total. The van der Waals surface area contributed by atoms with E-state index in [-0.39, 0.29) is 5.12 Å². The first-order valence-corrected chi connectivity index (χ1v) is 4.41. The Kier molecular flexibility index (Phi) is 3.04. The molecule has 0 heterocycles. The highest BCUT2D eigenvalue weighted by molar-refractivity contribution is 7.97. The van der Waals surface area contributed by atoms with Crippen LogP contribution in [0.15, 0.2) is 12.1 Å². The molecule has 1 rings (SSSR count). The maximum absolute atomic E-state index is 10.9. The summed E-state index contributed by atoms with van der Waals surface area (Å²) in [5, 5.41) is 0.611. The van der Waals surface area contributed by atoms with Gasteiger partial charge in [-0.3, -0.25) is 4.79 Å². The lowest BCUT2D eigenvalue weighted by molar-refractivity contribution is 0.109. The fourth-order valence-electron chi connectivity index (χ4n) is 0.868. The minimum absolute atomic E-state index is 0.322. The van der Waals surface area contributed by atoms with Crippen LogP contribution >= 0.6 is 35.8 Å². The first-order chi connectivity index (χ1) is 5.52. The van der Waals surface area contributed by atoms with Gasteiger partial charge in [0.2, 0.25) is 5.12 Å². The lowest BCUT2D eigenvalue weighted by Gasteiger charge is -2.03. The Morgan fingerprint density at radius 1 is 1.42 bits per heavy atom. The molecule has 0 aliphatic rings. The van der Waals surface area contributed by atoms with E-state index in [0.717, 1.165) is 0 Å². The fraction of sp³-hybridized carbons (Fsp3) is 0.125. The van der Waals surface area contributed by atoms with Crippen LogP contribution in [0.25, 0.3) is 0 Å². The number of benzene rings is 1. The Balaban J connectivity index is 3.37. The van der Waals surface area contributed by atoms with Gasteiger partial charge in [-0.1, -0.05) is 23.2 Å². The van der Waals surface area contributed by atoms with E-state index in [1.807, 2.05) is 0 Å². The third-order valence-corrected chi connectivity index (χ3v) is 2.39. The molecule has 64 valence electrons. The number of rotatable bonds is 1. The van der Waals surface area contributed by atoms with Gasteiger partial charge in [-0.05, 0) is 24.6 Å². The summed E-state index contributed by atoms with van der Waals surface area (Å²) in [6.07, 6.45) is 0. The molecule has 4 heteroatoms. The quantitative estimate of drug-likeness (QED) is 0.719. The van der Waals surface area contributed by atoms with Gasteiger partial charge in [-0.2, -0.15) is 0 Å². The van der Waals surface area contributed by atoms with Crippen LogP contribution in [0.1, 0.15) is 15.9 Å². The minimum atomic E-state index is -0.322. The molecule has 0 saturated heterocycles. The monoisotopic (exact) mass is 220 g/mol. The SMILES string of the molecule is Cc1c(Cl)cc(Cl)cc1C(=O)S. The summed E-state index contributed by atoms with van der Waals surface area (Å²) in [4.78, 5) is 10.9. The van der Waals surface area contributed by atoms with Crippen LogP contribution in [0, 0.1) is 6.92 Å². The highest BCUT2D eigenvalue weighted by atomic mass is 35.5. The van der Waals surface area contributed by atoms with Gasteiger partial charge in [-0.25, -0.2) is 0 Å². The van der Waals surface area contributed by atoms with Crippen molar-refractivity contribution in [2.24, 2.45) is 0 Å². The predicted molar refractivity (Wildman–Crippen MR) is 54.5 cm³/mol. The van der Waals surface area contributed by atoms with Crippen LogP contribution in [0.4, 0.5) is 0 Å². The Labute approximate surface area is 86.1 Å². The summed E-state index contributed by atoms with van der Waals surface area (Å²) >= 11 is 15.2. The van der Waals surface area contributed by atoms with E-state index in [0.29, 0.717) is 21.2 Å². The van der Waals surface area contributed by atoms with E-state index in [2.05, 4.69) is 12.6 Å². The molecule has 0 amide bonds. The number of halogens is 2. The molecule has 0 aromatic heterocycles. The number of thiol groups is 1. The van der Waals surface area contributed by atoms with Crippen LogP contribution in [0.3, 0.4) is 0 Å². The summed E-state index contributed by atoms with van der Waals surface area (Å²) in [6, 6.07) is 3.15. The third kappa shape index (κ3) is 1.94. The van der Waals surface area contributed by atoms with Crippen molar-refractivity contribution in [3.05, 3.63) is 33.3 Å². The van der Waals surface area contributed by atoms with Gasteiger partial charge in [0, 0.05) is 15.6 Å². The van der Waals surface area contributed by atoms with Crippen LogP contribution in [-0.2, 0) is 0 Å². The van der Waals surface area contributed by atoms with Crippen molar-refractivity contribution in [1.29, 1.82) is 0 Å². The topological polar surface area (TPSA) is 17.1 Å². The normalized spacial score (nSPS) is 10.0. The Bertz CT molecular complexity index is 336. The van der Waals surface area contributed by atoms with E-state index < -0.39 is 0 Å². The highest BCUT2D eigenvalue weighted by Crippen LogP contribution is 2.25. The zero-order chi connectivity index (χ0) is 9.30. The highest BCUT2D eigenvalue weighted by Gasteiger charge is 2.08. The summed E-state index contributed by atoms with van der Waals surface area (Å²) in [7, 11) is 0. The van der Waals surface area contributed by atoms with Crippen molar-refractivity contribution in [3.8, 4) is 0 Å². The van der Waals surface area contributed by atoms with Crippen LogP contribution in [-0.4, -0.2) is 5.12 Å². The summed E-state index contributed by atoms with van der Waals surface area (Å²) in [5.41, 5.74) is 1.16. The van der Waals surface area contributed by atoms with Gasteiger partial charge in [0.05, 0.1) is 0 Å². The van der Waals surface area contributed by atoms with Crippen LogP contribution in [0.2, 0.25) is 10.0 Å². The van der Waals surface area contributed by atoms with Crippen molar-refractivity contribution in [3.63, 3.8) is 0 Å². The van der Waals surface area contributed by atoms with E-state index in [4.69, 9.17) is 23.2 Å². The Morgan fingerprint density at radius 2 is 2.00 bits per heavy atom. The smallest absolute Gasteiger partial charge is 0.216 e. The average molecular weight is 221 g/mol. The first-order valence-electron chi connectivity index (χ1n) is 3.21. The molecule has 0 atom stereocenters. The zero-order valence-corrected chi connectivity index (χ0v) is 8.67. The predicted octanol–water partition coefficient (Wildman–Crippen LogP) is 3.37. The van der Waals surface area contributed by atoms with E-state index in [1.165, 1.54) is 0 Å². The van der Waals surface area contributed by atoms with Gasteiger partial charge >= 0.3 is 0 Å². The molecule has 12 heavy (non-hydrogen) atoms. The largest absolute Gasteiger partial charge is 0.282 e. The Hall–Kier alpha value is -0.180. The number of carbonyl (C=O) groups is 1. The molecule has 0 bridgehead atoms. The Morgan fingerprint density at radius 3 is 2.50 bits per heavy atom. The zero-order valence-electron chi connectivity index (χ0n) is 6.27. The standard InChI is InChI=1S/C8H6Cl2OS/c1-4-6(8(11)12)2-5(9)3-7(4)10/h2-3H,1H3,(H,11,12). The molecule has 0 radical (unpaired) electrons. The van der Waals surface area contributed by atoms with Crippen molar-refractivity contribution < 1.29 is 4.79 Å². The molecular formula is C8H6Cl2OS. The summed E-state index contributed by atoms with van der Waals surface area (Å²) in [5.74, 6) is 0. The van der Waals surface area contributed by atoms with E-state index in [9.17, 15) is 4.79 Å². The lowest BCUT2D eigenvalue weighted by atomic mass is 10.1. The van der Waals surface area contributed by atoms with Crippen molar-refractivity contribution >= 4 is 40.9 Å². The molecule has 0 unspecified atom stereocenters. The molecule has 0 aliphatic carbocycles. The molecule has 0 aliphatic heterocycles.